The number of carbonyl (C=O) groups excluding carboxylic acids is 2. The first-order valence-electron chi connectivity index (χ1n) is 12.7. The van der Waals surface area contributed by atoms with E-state index in [1.807, 2.05) is 6.92 Å². The van der Waals surface area contributed by atoms with Crippen LogP contribution in [0.5, 0.6) is 0 Å². The Balaban J connectivity index is 1.42. The molecule has 0 aliphatic carbocycles. The molecule has 3 aromatic rings. The topological polar surface area (TPSA) is 189 Å². The number of aliphatic carboxylic acids is 1. The minimum atomic E-state index is -4.05. The number of sulfonamides is 1. The number of carbonyl (C=O) groups is 3. The van der Waals surface area contributed by atoms with Gasteiger partial charge in [-0.25, -0.2) is 13.4 Å². The number of thiazole rings is 1. The first-order chi connectivity index (χ1) is 19.5. The van der Waals surface area contributed by atoms with E-state index in [2.05, 4.69) is 26.7 Å². The molecular weight excluding hydrogens is 594 g/mol. The molecule has 5 rings (SSSR count). The van der Waals surface area contributed by atoms with Crippen LogP contribution in [0.3, 0.4) is 0 Å². The van der Waals surface area contributed by atoms with Crippen LogP contribution >= 0.6 is 22.9 Å². The molecule has 3 atom stereocenters. The third-order valence-electron chi connectivity index (χ3n) is 7.17. The van der Waals surface area contributed by atoms with Crippen molar-refractivity contribution in [3.8, 4) is 6.07 Å². The van der Waals surface area contributed by atoms with Crippen LogP contribution in [0.15, 0.2) is 29.3 Å². The first kappa shape index (κ1) is 29.0. The number of aromatic nitrogens is 2. The average Bonchev–Trinajstić information content (AvgIpc) is 3.56. The van der Waals surface area contributed by atoms with Crippen molar-refractivity contribution < 1.29 is 27.9 Å². The van der Waals surface area contributed by atoms with Gasteiger partial charge in [0.05, 0.1) is 17.8 Å². The van der Waals surface area contributed by atoms with Crippen LogP contribution in [0.1, 0.15) is 39.6 Å². The fraction of sp³-hybridized carbons (Fsp3) is 0.400. The molecule has 2 aliphatic heterocycles. The van der Waals surface area contributed by atoms with E-state index in [9.17, 15) is 28.1 Å². The number of nitrogens with one attached hydrogen (secondary N) is 3. The van der Waals surface area contributed by atoms with Gasteiger partial charge in [0, 0.05) is 59.4 Å². The van der Waals surface area contributed by atoms with Crippen LogP contribution in [-0.4, -0.2) is 88.7 Å². The smallest absolute Gasteiger partial charge is 0.322 e. The molecule has 2 amide bonds. The second-order valence-electron chi connectivity index (χ2n) is 9.86. The summed E-state index contributed by atoms with van der Waals surface area (Å²) in [5.41, 5.74) is 1.13. The Labute approximate surface area is 244 Å². The highest BCUT2D eigenvalue weighted by Gasteiger charge is 2.40. The predicted molar refractivity (Wildman–Crippen MR) is 149 cm³/mol. The number of benzene rings is 1. The largest absolute Gasteiger partial charge is 0.480 e. The summed E-state index contributed by atoms with van der Waals surface area (Å²) >= 11 is 7.21. The molecule has 4 heterocycles. The molecule has 1 fully saturated rings. The lowest BCUT2D eigenvalue weighted by atomic mass is 9.95. The lowest BCUT2D eigenvalue weighted by Crippen LogP contribution is -2.57. The zero-order valence-electron chi connectivity index (χ0n) is 21.8. The number of amides is 2. The maximum Gasteiger partial charge on any atom is 0.322 e. The Bertz CT molecular complexity index is 1680. The van der Waals surface area contributed by atoms with Crippen LogP contribution < -0.4 is 10.6 Å². The molecule has 0 bridgehead atoms. The second kappa shape index (κ2) is 11.4. The van der Waals surface area contributed by atoms with Gasteiger partial charge >= 0.3 is 5.97 Å². The summed E-state index contributed by atoms with van der Waals surface area (Å²) in [4.78, 5) is 46.8. The van der Waals surface area contributed by atoms with Gasteiger partial charge in [0.25, 0.3) is 15.9 Å². The molecule has 2 aliphatic rings. The van der Waals surface area contributed by atoms with Crippen molar-refractivity contribution in [2.75, 3.05) is 26.2 Å². The molecule has 13 nitrogen and oxygen atoms in total. The van der Waals surface area contributed by atoms with Gasteiger partial charge in [-0.2, -0.15) is 9.57 Å². The summed E-state index contributed by atoms with van der Waals surface area (Å²) in [7, 11) is -4.05. The second-order valence-corrected chi connectivity index (χ2v) is 13.3. The number of aromatic amines is 1. The summed E-state index contributed by atoms with van der Waals surface area (Å²) in [6.45, 7) is 1.45. The molecule has 216 valence electrons. The summed E-state index contributed by atoms with van der Waals surface area (Å²) in [5, 5.41) is 25.2. The van der Waals surface area contributed by atoms with Crippen molar-refractivity contribution in [1.82, 2.24) is 29.8 Å². The van der Waals surface area contributed by atoms with Crippen LogP contribution in [0.4, 0.5) is 0 Å². The molecular formula is C25H26ClN7O6S2. The van der Waals surface area contributed by atoms with E-state index >= 15 is 0 Å². The minimum Gasteiger partial charge on any atom is -0.480 e. The minimum absolute atomic E-state index is 0.0262. The van der Waals surface area contributed by atoms with Crippen LogP contribution in [0.2, 0.25) is 5.02 Å². The Morgan fingerprint density at radius 3 is 2.80 bits per heavy atom. The maximum absolute atomic E-state index is 13.7. The molecule has 3 unspecified atom stereocenters. The number of hydrogen-bond acceptors (Lipinski definition) is 9. The monoisotopic (exact) mass is 619 g/mol. The van der Waals surface area contributed by atoms with E-state index in [-0.39, 0.29) is 42.1 Å². The zero-order valence-corrected chi connectivity index (χ0v) is 24.1. The molecule has 41 heavy (non-hydrogen) atoms. The van der Waals surface area contributed by atoms with Gasteiger partial charge in [-0.15, -0.1) is 11.3 Å². The van der Waals surface area contributed by atoms with Crippen LogP contribution in [0, 0.1) is 11.3 Å². The molecule has 0 saturated carbocycles. The Morgan fingerprint density at radius 1 is 1.29 bits per heavy atom. The van der Waals surface area contributed by atoms with Crippen molar-refractivity contribution in [2.24, 2.45) is 0 Å². The average molecular weight is 620 g/mol. The quantitative estimate of drug-likeness (QED) is 0.304. The third-order valence-corrected chi connectivity index (χ3v) is 10.3. The highest BCUT2D eigenvalue weighted by Crippen LogP contribution is 2.33. The van der Waals surface area contributed by atoms with E-state index in [0.29, 0.717) is 28.2 Å². The maximum atomic E-state index is 13.7. The number of nitriles is 1. The number of nitrogens with zero attached hydrogens (tertiary/aromatic N) is 4. The van der Waals surface area contributed by atoms with Gasteiger partial charge in [-0.3, -0.25) is 14.4 Å². The standard InChI is InChI=1S/C25H26ClN7O6S2/c1-13-17(9-27)23-19(10-28-13)40-24(31-23)25(37)33-5-4-32(12-16(33)8-20(34)29-11-22(35)36)41(38,39)21-7-14-6-15(26)2-3-18(14)30-21/h2-3,6-7,13,16-17,28,30H,4-5,8,10-12H2,1H3,(H,29,34)(H,35,36). The van der Waals surface area contributed by atoms with E-state index in [1.165, 1.54) is 15.3 Å². The zero-order chi connectivity index (χ0) is 29.5. The van der Waals surface area contributed by atoms with Gasteiger partial charge in [-0.1, -0.05) is 11.6 Å². The van der Waals surface area contributed by atoms with E-state index in [1.54, 1.807) is 18.2 Å². The normalized spacial score (nSPS) is 21.3. The number of rotatable bonds is 7. The first-order valence-corrected chi connectivity index (χ1v) is 15.3. The summed E-state index contributed by atoms with van der Waals surface area (Å²) in [6, 6.07) is 7.60. The van der Waals surface area contributed by atoms with Crippen LogP contribution in [0.25, 0.3) is 10.9 Å². The number of hydrogen-bond donors (Lipinski definition) is 4. The number of fused-ring (bicyclic) bond motifs is 2. The van der Waals surface area contributed by atoms with Crippen molar-refractivity contribution in [1.29, 1.82) is 5.26 Å². The van der Waals surface area contributed by atoms with Crippen molar-refractivity contribution in [3.05, 3.63) is 44.9 Å². The van der Waals surface area contributed by atoms with E-state index in [0.717, 1.165) is 16.2 Å². The fourth-order valence-electron chi connectivity index (χ4n) is 5.03. The molecule has 1 saturated heterocycles. The Morgan fingerprint density at radius 2 is 2.07 bits per heavy atom. The number of carboxylic acids is 1. The lowest BCUT2D eigenvalue weighted by Gasteiger charge is -2.40. The van der Waals surface area contributed by atoms with Crippen LogP contribution in [-0.2, 0) is 26.2 Å². The number of carboxylic acid groups (broad SMARTS) is 1. The Hall–Kier alpha value is -3.55. The SMILES string of the molecule is CC1NCc2sc(C(=O)N3CCN(S(=O)(=O)c4cc5cc(Cl)ccc5[nH]4)CC3CC(=O)NCC(=O)O)nc2C1C#N. The van der Waals surface area contributed by atoms with Crippen molar-refractivity contribution in [3.63, 3.8) is 0 Å². The molecule has 0 spiro atoms. The third kappa shape index (κ3) is 5.79. The van der Waals surface area contributed by atoms with Gasteiger partial charge < -0.3 is 25.6 Å². The lowest BCUT2D eigenvalue weighted by molar-refractivity contribution is -0.138. The predicted octanol–water partition coefficient (Wildman–Crippen LogP) is 1.48. The van der Waals surface area contributed by atoms with Gasteiger partial charge in [0.15, 0.2) is 5.01 Å². The number of H-pyrrole nitrogens is 1. The molecule has 2 aromatic heterocycles. The number of halogens is 1. The van der Waals surface area contributed by atoms with Gasteiger partial charge in [0.2, 0.25) is 5.91 Å². The van der Waals surface area contributed by atoms with E-state index in [4.69, 9.17) is 16.7 Å². The van der Waals surface area contributed by atoms with E-state index < -0.39 is 46.3 Å². The van der Waals surface area contributed by atoms with Gasteiger partial charge in [-0.05, 0) is 31.2 Å². The fourth-order valence-corrected chi connectivity index (χ4v) is 7.71. The summed E-state index contributed by atoms with van der Waals surface area (Å²) in [6.07, 6.45) is -0.322. The van der Waals surface area contributed by atoms with Gasteiger partial charge in [0.1, 0.15) is 17.5 Å². The summed E-state index contributed by atoms with van der Waals surface area (Å²) < 4.78 is 28.4. The molecule has 4 N–H and O–H groups in total. The molecule has 16 heteroatoms. The Kier molecular flexibility index (Phi) is 8.04. The van der Waals surface area contributed by atoms with Crippen molar-refractivity contribution in [2.45, 2.75) is 42.9 Å². The summed E-state index contributed by atoms with van der Waals surface area (Å²) in [5.74, 6) is -2.89. The number of piperazine rings is 1. The van der Waals surface area contributed by atoms with Crippen molar-refractivity contribution >= 4 is 61.6 Å². The highest BCUT2D eigenvalue weighted by molar-refractivity contribution is 7.89. The molecule has 0 radical (unpaired) electrons. The highest BCUT2D eigenvalue weighted by atomic mass is 35.5. The molecule has 1 aromatic carbocycles.